The number of thiophene rings is 1. The molecule has 1 fully saturated rings. The van der Waals surface area contributed by atoms with Gasteiger partial charge in [0.05, 0.1) is 17.7 Å². The third-order valence-electron chi connectivity index (χ3n) is 4.64. The average molecular weight is 415 g/mol. The Hall–Kier alpha value is -2.64. The van der Waals surface area contributed by atoms with Gasteiger partial charge in [0.1, 0.15) is 11.5 Å². The number of likely N-dealkylation sites (tertiary alicyclic amines) is 1. The Kier molecular flexibility index (Phi) is 6.39. The van der Waals surface area contributed by atoms with Gasteiger partial charge < -0.3 is 19.6 Å². The first-order valence-electron chi connectivity index (χ1n) is 9.53. The van der Waals surface area contributed by atoms with Crippen molar-refractivity contribution in [1.29, 1.82) is 0 Å². The molecule has 0 aliphatic carbocycles. The molecular formula is C22H26N2O4S. The number of Topliss-reactive ketones (excluding diaryl/α,β-unsaturated/α-hetero) is 1. The lowest BCUT2D eigenvalue weighted by Crippen LogP contribution is -2.35. The van der Waals surface area contributed by atoms with E-state index in [-0.39, 0.29) is 17.4 Å². The van der Waals surface area contributed by atoms with E-state index < -0.39 is 17.7 Å². The van der Waals surface area contributed by atoms with Crippen molar-refractivity contribution in [1.82, 2.24) is 9.80 Å². The second kappa shape index (κ2) is 8.80. The van der Waals surface area contributed by atoms with Crippen LogP contribution in [-0.2, 0) is 9.59 Å². The number of hydrogen-bond donors (Lipinski definition) is 1. The molecule has 29 heavy (non-hydrogen) atoms. The van der Waals surface area contributed by atoms with Crippen molar-refractivity contribution >= 4 is 28.8 Å². The normalized spacial score (nSPS) is 18.8. The van der Waals surface area contributed by atoms with Gasteiger partial charge in [0.15, 0.2) is 0 Å². The highest BCUT2D eigenvalue weighted by Gasteiger charge is 2.46. The molecule has 2 aromatic rings. The maximum absolute atomic E-state index is 12.9. The van der Waals surface area contributed by atoms with E-state index in [1.165, 1.54) is 11.3 Å². The molecule has 0 radical (unpaired) electrons. The molecule has 0 bridgehead atoms. The van der Waals surface area contributed by atoms with Crippen LogP contribution in [0.25, 0.3) is 5.76 Å². The van der Waals surface area contributed by atoms with E-state index in [2.05, 4.69) is 0 Å². The minimum Gasteiger partial charge on any atom is -0.507 e. The third-order valence-corrected chi connectivity index (χ3v) is 5.57. The summed E-state index contributed by atoms with van der Waals surface area (Å²) in [5.74, 6) is -0.711. The summed E-state index contributed by atoms with van der Waals surface area (Å²) in [5.41, 5.74) is 0.613. The third kappa shape index (κ3) is 4.52. The summed E-state index contributed by atoms with van der Waals surface area (Å²) in [4.78, 5) is 30.0. The second-order valence-electron chi connectivity index (χ2n) is 7.50. The zero-order valence-corrected chi connectivity index (χ0v) is 17.9. The SMILES string of the molecule is CC(C)Oc1ccc(/C(O)=C2\C(=O)C(=O)N(CCN(C)C)[C@@H]2c2cccs2)cc1. The summed E-state index contributed by atoms with van der Waals surface area (Å²) in [6, 6.07) is 10.1. The van der Waals surface area contributed by atoms with E-state index in [4.69, 9.17) is 4.74 Å². The number of aliphatic hydroxyl groups excluding tert-OH is 1. The molecule has 3 rings (SSSR count). The lowest BCUT2D eigenvalue weighted by Gasteiger charge is -2.25. The molecule has 154 valence electrons. The lowest BCUT2D eigenvalue weighted by molar-refractivity contribution is -0.140. The zero-order valence-electron chi connectivity index (χ0n) is 17.1. The van der Waals surface area contributed by atoms with Gasteiger partial charge in [-0.1, -0.05) is 6.07 Å². The molecule has 0 saturated carbocycles. The van der Waals surface area contributed by atoms with Crippen LogP contribution in [0.2, 0.25) is 0 Å². The maximum atomic E-state index is 12.9. The number of aliphatic hydroxyl groups is 1. The minimum absolute atomic E-state index is 0.0373. The van der Waals surface area contributed by atoms with Crippen molar-refractivity contribution < 1.29 is 19.4 Å². The summed E-state index contributed by atoms with van der Waals surface area (Å²) in [6.07, 6.45) is 0.0373. The van der Waals surface area contributed by atoms with Crippen LogP contribution in [0.4, 0.5) is 0 Å². The Labute approximate surface area is 175 Å². The Morgan fingerprint density at radius 1 is 1.21 bits per heavy atom. The number of likely N-dealkylation sites (N-methyl/N-ethyl adjacent to an activating group) is 1. The number of benzene rings is 1. The van der Waals surface area contributed by atoms with Crippen molar-refractivity contribution in [3.05, 3.63) is 57.8 Å². The largest absolute Gasteiger partial charge is 0.507 e. The molecule has 1 amide bonds. The molecule has 7 heteroatoms. The summed E-state index contributed by atoms with van der Waals surface area (Å²) in [7, 11) is 3.83. The van der Waals surface area contributed by atoms with Gasteiger partial charge in [0.2, 0.25) is 0 Å². The standard InChI is InChI=1S/C22H26N2O4S/c1-14(2)28-16-9-7-15(8-10-16)20(25)18-19(17-6-5-13-29-17)24(12-11-23(3)4)22(27)21(18)26/h5-10,13-14,19,25H,11-12H2,1-4H3/b20-18+/t19-/m1/s1. The van der Waals surface area contributed by atoms with Gasteiger partial charge in [-0.2, -0.15) is 0 Å². The van der Waals surface area contributed by atoms with Crippen molar-refractivity contribution in [2.24, 2.45) is 0 Å². The van der Waals surface area contributed by atoms with E-state index >= 15 is 0 Å². The van der Waals surface area contributed by atoms with Crippen LogP contribution >= 0.6 is 11.3 Å². The van der Waals surface area contributed by atoms with E-state index in [1.54, 1.807) is 29.2 Å². The molecule has 1 aliphatic heterocycles. The van der Waals surface area contributed by atoms with Crippen LogP contribution < -0.4 is 4.74 Å². The van der Waals surface area contributed by atoms with Gasteiger partial charge in [-0.25, -0.2) is 0 Å². The van der Waals surface area contributed by atoms with E-state index in [9.17, 15) is 14.7 Å². The first-order chi connectivity index (χ1) is 13.8. The molecule has 1 atom stereocenters. The smallest absolute Gasteiger partial charge is 0.295 e. The molecule has 1 aromatic heterocycles. The van der Waals surface area contributed by atoms with E-state index in [0.29, 0.717) is 24.4 Å². The topological polar surface area (TPSA) is 70.1 Å². The molecule has 0 unspecified atom stereocenters. The fourth-order valence-corrected chi connectivity index (χ4v) is 4.13. The molecule has 6 nitrogen and oxygen atoms in total. The molecule has 1 aromatic carbocycles. The van der Waals surface area contributed by atoms with Gasteiger partial charge in [-0.3, -0.25) is 9.59 Å². The molecule has 1 aliphatic rings. The summed E-state index contributed by atoms with van der Waals surface area (Å²) in [6.45, 7) is 4.89. The highest BCUT2D eigenvalue weighted by Crippen LogP contribution is 2.41. The summed E-state index contributed by atoms with van der Waals surface area (Å²) in [5, 5.41) is 12.9. The van der Waals surface area contributed by atoms with Crippen LogP contribution in [0.3, 0.4) is 0 Å². The van der Waals surface area contributed by atoms with Gasteiger partial charge in [0, 0.05) is 23.5 Å². The molecular weight excluding hydrogens is 388 g/mol. The van der Waals surface area contributed by atoms with Crippen LogP contribution in [-0.4, -0.2) is 59.9 Å². The monoisotopic (exact) mass is 414 g/mol. The maximum Gasteiger partial charge on any atom is 0.295 e. The van der Waals surface area contributed by atoms with Gasteiger partial charge >= 0.3 is 0 Å². The number of rotatable bonds is 7. The van der Waals surface area contributed by atoms with Gasteiger partial charge in [-0.05, 0) is 63.7 Å². The Bertz CT molecular complexity index is 901. The van der Waals surface area contributed by atoms with E-state index in [1.807, 2.05) is 50.4 Å². The zero-order chi connectivity index (χ0) is 21.1. The number of amides is 1. The first-order valence-corrected chi connectivity index (χ1v) is 10.4. The van der Waals surface area contributed by atoms with Crippen LogP contribution in [0.1, 0.15) is 30.3 Å². The number of carbonyl (C=O) groups excluding carboxylic acids is 2. The summed E-state index contributed by atoms with van der Waals surface area (Å²) < 4.78 is 5.63. The van der Waals surface area contributed by atoms with E-state index in [0.717, 1.165) is 4.88 Å². The van der Waals surface area contributed by atoms with Crippen LogP contribution in [0, 0.1) is 0 Å². The van der Waals surface area contributed by atoms with Crippen molar-refractivity contribution in [2.45, 2.75) is 26.0 Å². The number of carbonyl (C=O) groups is 2. The number of ketones is 1. The fraction of sp³-hybridized carbons (Fsp3) is 0.364. The quantitative estimate of drug-likeness (QED) is 0.426. The van der Waals surface area contributed by atoms with Gasteiger partial charge in [-0.15, -0.1) is 11.3 Å². The minimum atomic E-state index is -0.651. The van der Waals surface area contributed by atoms with Crippen molar-refractivity contribution in [3.8, 4) is 5.75 Å². The fourth-order valence-electron chi connectivity index (χ4n) is 3.28. The predicted molar refractivity (Wildman–Crippen MR) is 114 cm³/mol. The van der Waals surface area contributed by atoms with Crippen LogP contribution in [0.5, 0.6) is 5.75 Å². The molecule has 1 saturated heterocycles. The van der Waals surface area contributed by atoms with Crippen molar-refractivity contribution in [2.75, 3.05) is 27.2 Å². The number of hydrogen-bond acceptors (Lipinski definition) is 6. The highest BCUT2D eigenvalue weighted by atomic mass is 32.1. The number of nitrogens with zero attached hydrogens (tertiary/aromatic N) is 2. The predicted octanol–water partition coefficient (Wildman–Crippen LogP) is 3.52. The summed E-state index contributed by atoms with van der Waals surface area (Å²) >= 11 is 1.46. The average Bonchev–Trinajstić information content (AvgIpc) is 3.27. The molecule has 2 heterocycles. The van der Waals surface area contributed by atoms with Crippen LogP contribution in [0.15, 0.2) is 47.4 Å². The Balaban J connectivity index is 2.02. The van der Waals surface area contributed by atoms with Crippen molar-refractivity contribution in [3.63, 3.8) is 0 Å². The highest BCUT2D eigenvalue weighted by molar-refractivity contribution is 7.10. The molecule has 0 spiro atoms. The second-order valence-corrected chi connectivity index (χ2v) is 8.48. The Morgan fingerprint density at radius 2 is 1.90 bits per heavy atom. The Morgan fingerprint density at radius 3 is 2.45 bits per heavy atom. The molecule has 1 N–H and O–H groups in total. The van der Waals surface area contributed by atoms with Gasteiger partial charge in [0.25, 0.3) is 11.7 Å². The number of ether oxygens (including phenoxy) is 1. The lowest BCUT2D eigenvalue weighted by atomic mass is 10.00. The first kappa shape index (κ1) is 21.1.